The zero-order chi connectivity index (χ0) is 12.1. The van der Waals surface area contributed by atoms with E-state index in [-0.39, 0.29) is 0 Å². The van der Waals surface area contributed by atoms with Gasteiger partial charge in [-0.2, -0.15) is 0 Å². The summed E-state index contributed by atoms with van der Waals surface area (Å²) in [5, 5.41) is 0.768. The van der Waals surface area contributed by atoms with Gasteiger partial charge in [0.05, 0.1) is 4.20 Å². The van der Waals surface area contributed by atoms with Gasteiger partial charge in [0.2, 0.25) is 0 Å². The zero-order valence-electron chi connectivity index (χ0n) is 9.10. The Morgan fingerprint density at radius 2 is 1.65 bits per heavy atom. The number of hydrogen-bond acceptors (Lipinski definition) is 2. The molecule has 0 unspecified atom stereocenters. The van der Waals surface area contributed by atoms with Crippen LogP contribution in [0.3, 0.4) is 0 Å². The summed E-state index contributed by atoms with van der Waals surface area (Å²) in [6.07, 6.45) is 0. The minimum atomic E-state index is 0.768. The third kappa shape index (κ3) is 3.84. The van der Waals surface area contributed by atoms with Gasteiger partial charge in [0.25, 0.3) is 0 Å². The van der Waals surface area contributed by atoms with Crippen LogP contribution in [0.5, 0.6) is 0 Å². The van der Waals surface area contributed by atoms with E-state index in [4.69, 9.17) is 23.8 Å². The minimum Gasteiger partial charge on any atom is -0.109 e. The van der Waals surface area contributed by atoms with Crippen LogP contribution in [0.2, 0.25) is 5.02 Å². The highest BCUT2D eigenvalue weighted by atomic mass is 35.5. The van der Waals surface area contributed by atoms with Crippen LogP contribution in [0.25, 0.3) is 0 Å². The van der Waals surface area contributed by atoms with Crippen molar-refractivity contribution in [3.63, 3.8) is 0 Å². The highest BCUT2D eigenvalue weighted by Gasteiger charge is 2.01. The topological polar surface area (TPSA) is 0 Å². The molecule has 0 atom stereocenters. The quantitative estimate of drug-likeness (QED) is 0.729. The maximum Gasteiger partial charge on any atom is 0.0781 e. The van der Waals surface area contributed by atoms with Crippen LogP contribution in [0.1, 0.15) is 11.1 Å². The van der Waals surface area contributed by atoms with Gasteiger partial charge in [0.1, 0.15) is 0 Å². The molecule has 0 spiro atoms. The van der Waals surface area contributed by atoms with Crippen molar-refractivity contribution in [3.8, 4) is 0 Å². The monoisotopic (exact) mass is 278 g/mol. The summed E-state index contributed by atoms with van der Waals surface area (Å²) < 4.78 is 0.931. The molecule has 2 rings (SSSR count). The van der Waals surface area contributed by atoms with Gasteiger partial charge in [0.15, 0.2) is 0 Å². The summed E-state index contributed by atoms with van der Waals surface area (Å²) in [6.45, 7) is 0. The molecule has 86 valence electrons. The van der Waals surface area contributed by atoms with Gasteiger partial charge in [0, 0.05) is 10.8 Å². The fraction of sp³-hybridized carbons (Fsp3) is 0.0714. The smallest absolute Gasteiger partial charge is 0.0781 e. The van der Waals surface area contributed by atoms with Crippen LogP contribution in [0.15, 0.2) is 54.6 Å². The second kappa shape index (κ2) is 6.20. The SMILES string of the molecule is S=C(SCc1ccc(Cl)cc1)c1ccccc1. The van der Waals surface area contributed by atoms with Crippen molar-refractivity contribution >= 4 is 39.8 Å². The average Bonchev–Trinajstić information content (AvgIpc) is 2.39. The Morgan fingerprint density at radius 1 is 1.00 bits per heavy atom. The minimum absolute atomic E-state index is 0.768. The Hall–Kier alpha value is -0.830. The normalized spacial score (nSPS) is 10.2. The molecule has 3 heteroatoms. The van der Waals surface area contributed by atoms with E-state index in [1.165, 1.54) is 5.56 Å². The predicted molar refractivity (Wildman–Crippen MR) is 80.9 cm³/mol. The zero-order valence-corrected chi connectivity index (χ0v) is 11.5. The summed E-state index contributed by atoms with van der Waals surface area (Å²) in [5.74, 6) is 0.880. The molecule has 0 fully saturated rings. The van der Waals surface area contributed by atoms with Gasteiger partial charge in [-0.25, -0.2) is 0 Å². The highest BCUT2D eigenvalue weighted by Crippen LogP contribution is 2.20. The summed E-state index contributed by atoms with van der Waals surface area (Å²) in [5.41, 5.74) is 2.35. The van der Waals surface area contributed by atoms with Crippen molar-refractivity contribution in [1.82, 2.24) is 0 Å². The third-order valence-corrected chi connectivity index (χ3v) is 4.11. The molecule has 0 aliphatic rings. The van der Waals surface area contributed by atoms with Crippen molar-refractivity contribution in [2.24, 2.45) is 0 Å². The Labute approximate surface area is 116 Å². The number of halogens is 1. The molecular weight excluding hydrogens is 268 g/mol. The van der Waals surface area contributed by atoms with Gasteiger partial charge in [-0.15, -0.1) is 11.8 Å². The van der Waals surface area contributed by atoms with Gasteiger partial charge < -0.3 is 0 Å². The standard InChI is InChI=1S/C14H11ClS2/c15-13-8-6-11(7-9-13)10-17-14(16)12-4-2-1-3-5-12/h1-9H,10H2. The number of thioether (sulfide) groups is 1. The van der Waals surface area contributed by atoms with Crippen molar-refractivity contribution in [1.29, 1.82) is 0 Å². The van der Waals surface area contributed by atoms with Gasteiger partial charge in [-0.3, -0.25) is 0 Å². The summed E-state index contributed by atoms with van der Waals surface area (Å²) in [4.78, 5) is 0. The lowest BCUT2D eigenvalue weighted by atomic mass is 10.2. The molecule has 0 heterocycles. The number of thiocarbonyl (C=S) groups is 1. The van der Waals surface area contributed by atoms with Crippen LogP contribution in [-0.4, -0.2) is 4.20 Å². The first-order valence-corrected chi connectivity index (χ1v) is 6.99. The number of benzene rings is 2. The van der Waals surface area contributed by atoms with E-state index in [2.05, 4.69) is 0 Å². The lowest BCUT2D eigenvalue weighted by Crippen LogP contribution is -1.92. The molecule has 0 radical (unpaired) electrons. The molecule has 0 saturated heterocycles. The average molecular weight is 279 g/mol. The third-order valence-electron chi connectivity index (χ3n) is 2.29. The first-order chi connectivity index (χ1) is 8.25. The van der Waals surface area contributed by atoms with E-state index in [1.807, 2.05) is 54.6 Å². The van der Waals surface area contributed by atoms with E-state index in [0.717, 1.165) is 20.5 Å². The first kappa shape index (κ1) is 12.6. The van der Waals surface area contributed by atoms with Crippen molar-refractivity contribution < 1.29 is 0 Å². The lowest BCUT2D eigenvalue weighted by Gasteiger charge is -2.04. The van der Waals surface area contributed by atoms with E-state index in [0.29, 0.717) is 0 Å². The largest absolute Gasteiger partial charge is 0.109 e. The second-order valence-corrected chi connectivity index (χ2v) is 5.66. The molecule has 0 aromatic heterocycles. The predicted octanol–water partition coefficient (Wildman–Crippen LogP) is 4.95. The molecule has 0 N–H and O–H groups in total. The van der Waals surface area contributed by atoms with Crippen LogP contribution in [0, 0.1) is 0 Å². The van der Waals surface area contributed by atoms with E-state index < -0.39 is 0 Å². The van der Waals surface area contributed by atoms with Crippen LogP contribution in [0.4, 0.5) is 0 Å². The Morgan fingerprint density at radius 3 is 2.29 bits per heavy atom. The van der Waals surface area contributed by atoms with Crippen LogP contribution in [-0.2, 0) is 5.75 Å². The summed E-state index contributed by atoms with van der Waals surface area (Å²) in [7, 11) is 0. The molecule has 0 amide bonds. The van der Waals surface area contributed by atoms with Gasteiger partial charge in [-0.05, 0) is 23.3 Å². The lowest BCUT2D eigenvalue weighted by molar-refractivity contribution is 1.42. The van der Waals surface area contributed by atoms with Crippen LogP contribution >= 0.6 is 35.6 Å². The van der Waals surface area contributed by atoms with Gasteiger partial charge in [-0.1, -0.05) is 66.3 Å². The van der Waals surface area contributed by atoms with E-state index >= 15 is 0 Å². The maximum absolute atomic E-state index is 5.84. The molecule has 2 aromatic carbocycles. The molecule has 0 nitrogen and oxygen atoms in total. The maximum atomic E-state index is 5.84. The molecule has 0 saturated carbocycles. The Kier molecular flexibility index (Phi) is 4.60. The molecule has 0 bridgehead atoms. The summed E-state index contributed by atoms with van der Waals surface area (Å²) >= 11 is 12.9. The molecule has 2 aromatic rings. The van der Waals surface area contributed by atoms with E-state index in [9.17, 15) is 0 Å². The molecule has 0 aliphatic carbocycles. The van der Waals surface area contributed by atoms with Crippen molar-refractivity contribution in [2.75, 3.05) is 0 Å². The molecular formula is C14H11ClS2. The summed E-state index contributed by atoms with van der Waals surface area (Å²) in [6, 6.07) is 18.0. The number of rotatable bonds is 3. The van der Waals surface area contributed by atoms with E-state index in [1.54, 1.807) is 11.8 Å². The fourth-order valence-corrected chi connectivity index (χ4v) is 2.62. The Balaban J connectivity index is 1.95. The fourth-order valence-electron chi connectivity index (χ4n) is 1.39. The van der Waals surface area contributed by atoms with Crippen molar-refractivity contribution in [3.05, 3.63) is 70.7 Å². The van der Waals surface area contributed by atoms with Crippen molar-refractivity contribution in [2.45, 2.75) is 5.75 Å². The number of hydrogen-bond donors (Lipinski definition) is 0. The van der Waals surface area contributed by atoms with Gasteiger partial charge >= 0.3 is 0 Å². The molecule has 17 heavy (non-hydrogen) atoms. The Bertz CT molecular complexity index is 491. The second-order valence-electron chi connectivity index (χ2n) is 3.57. The first-order valence-electron chi connectivity index (χ1n) is 5.22. The molecule has 0 aliphatic heterocycles. The highest BCUT2D eigenvalue weighted by molar-refractivity contribution is 8.23. The van der Waals surface area contributed by atoms with Crippen LogP contribution < -0.4 is 0 Å².